The number of carbonyl (C=O) groups excluding carboxylic acids is 1. The highest BCUT2D eigenvalue weighted by Crippen LogP contribution is 2.29. The van der Waals surface area contributed by atoms with Crippen LogP contribution in [0.2, 0.25) is 0 Å². The Hall–Kier alpha value is -3.09. The fourth-order valence-corrected chi connectivity index (χ4v) is 2.57. The molecule has 0 atom stereocenters. The molecule has 0 unspecified atom stereocenters. The van der Waals surface area contributed by atoms with Crippen molar-refractivity contribution in [3.05, 3.63) is 42.0 Å². The van der Waals surface area contributed by atoms with E-state index in [-0.39, 0.29) is 12.5 Å². The Balaban J connectivity index is 1.83. The van der Waals surface area contributed by atoms with Gasteiger partial charge in [0, 0.05) is 12.6 Å². The Morgan fingerprint density at radius 3 is 2.22 bits per heavy atom. The van der Waals surface area contributed by atoms with Crippen LogP contribution in [0.4, 0.5) is 5.69 Å². The quantitative estimate of drug-likeness (QED) is 0.665. The zero-order valence-corrected chi connectivity index (χ0v) is 16.1. The van der Waals surface area contributed by atoms with Crippen molar-refractivity contribution in [1.82, 2.24) is 5.32 Å². The second-order valence-electron chi connectivity index (χ2n) is 5.71. The van der Waals surface area contributed by atoms with Gasteiger partial charge in [0.2, 0.25) is 5.91 Å². The lowest BCUT2D eigenvalue weighted by Crippen LogP contribution is -2.31. The molecule has 0 aliphatic rings. The maximum atomic E-state index is 12.1. The van der Waals surface area contributed by atoms with Crippen LogP contribution in [0, 0.1) is 0 Å². The molecule has 0 spiro atoms. The van der Waals surface area contributed by atoms with Crippen molar-refractivity contribution in [3.8, 4) is 23.0 Å². The predicted octanol–water partition coefficient (Wildman–Crippen LogP) is 2.49. The topological polar surface area (TPSA) is 78.1 Å². The largest absolute Gasteiger partial charge is 0.497 e. The van der Waals surface area contributed by atoms with Crippen LogP contribution >= 0.6 is 0 Å². The van der Waals surface area contributed by atoms with E-state index in [2.05, 4.69) is 10.6 Å². The molecule has 0 aliphatic heterocycles. The van der Waals surface area contributed by atoms with Crippen molar-refractivity contribution in [2.45, 2.75) is 6.42 Å². The van der Waals surface area contributed by atoms with Crippen molar-refractivity contribution in [1.29, 1.82) is 0 Å². The van der Waals surface area contributed by atoms with E-state index in [0.29, 0.717) is 41.7 Å². The Kier molecular flexibility index (Phi) is 7.61. The molecule has 2 N–H and O–H groups in total. The van der Waals surface area contributed by atoms with E-state index in [1.807, 2.05) is 18.2 Å². The summed E-state index contributed by atoms with van der Waals surface area (Å²) < 4.78 is 21.0. The number of anilines is 1. The summed E-state index contributed by atoms with van der Waals surface area (Å²) in [4.78, 5) is 12.1. The van der Waals surface area contributed by atoms with E-state index >= 15 is 0 Å². The van der Waals surface area contributed by atoms with Crippen LogP contribution in [0.25, 0.3) is 0 Å². The normalized spacial score (nSPS) is 10.1. The number of methoxy groups -OCH3 is 4. The first-order valence-electron chi connectivity index (χ1n) is 8.54. The van der Waals surface area contributed by atoms with Gasteiger partial charge in [-0.1, -0.05) is 6.07 Å². The van der Waals surface area contributed by atoms with E-state index in [4.69, 9.17) is 18.9 Å². The van der Waals surface area contributed by atoms with E-state index in [1.54, 1.807) is 46.6 Å². The maximum absolute atomic E-state index is 12.1. The third kappa shape index (κ3) is 5.70. The lowest BCUT2D eigenvalue weighted by atomic mass is 10.1. The fraction of sp³-hybridized carbons (Fsp3) is 0.350. The third-order valence-corrected chi connectivity index (χ3v) is 4.03. The molecule has 2 rings (SSSR count). The SMILES string of the molecule is COc1ccc(OC)c(NCC(=O)NCCc2ccc(OC)c(OC)c2)c1. The molecule has 146 valence electrons. The predicted molar refractivity (Wildman–Crippen MR) is 104 cm³/mol. The molecule has 1 amide bonds. The molecule has 0 saturated heterocycles. The van der Waals surface area contributed by atoms with Gasteiger partial charge < -0.3 is 29.6 Å². The Bertz CT molecular complexity index is 764. The Labute approximate surface area is 159 Å². The van der Waals surface area contributed by atoms with Gasteiger partial charge in [0.1, 0.15) is 11.5 Å². The van der Waals surface area contributed by atoms with E-state index in [1.165, 1.54) is 0 Å². The minimum absolute atomic E-state index is 0.111. The highest BCUT2D eigenvalue weighted by molar-refractivity contribution is 5.81. The average Bonchev–Trinajstić information content (AvgIpc) is 2.71. The van der Waals surface area contributed by atoms with Crippen LogP contribution < -0.4 is 29.6 Å². The molecule has 2 aromatic carbocycles. The summed E-state index contributed by atoms with van der Waals surface area (Å²) in [6.07, 6.45) is 0.689. The zero-order valence-electron chi connectivity index (χ0n) is 16.1. The van der Waals surface area contributed by atoms with E-state index < -0.39 is 0 Å². The van der Waals surface area contributed by atoms with Crippen molar-refractivity contribution in [2.24, 2.45) is 0 Å². The number of amides is 1. The van der Waals surface area contributed by atoms with Gasteiger partial charge in [0.05, 0.1) is 40.7 Å². The summed E-state index contributed by atoms with van der Waals surface area (Å²) in [6.45, 7) is 0.653. The Morgan fingerprint density at radius 1 is 0.852 bits per heavy atom. The Morgan fingerprint density at radius 2 is 1.56 bits per heavy atom. The summed E-state index contributed by atoms with van der Waals surface area (Å²) in [6, 6.07) is 11.1. The van der Waals surface area contributed by atoms with Gasteiger partial charge in [0.25, 0.3) is 0 Å². The molecular formula is C20H26N2O5. The monoisotopic (exact) mass is 374 g/mol. The molecule has 0 radical (unpaired) electrons. The summed E-state index contributed by atoms with van der Waals surface area (Å²) in [7, 11) is 6.37. The highest BCUT2D eigenvalue weighted by atomic mass is 16.5. The molecule has 0 heterocycles. The average molecular weight is 374 g/mol. The standard InChI is InChI=1S/C20H26N2O5/c1-24-15-6-8-17(25-2)16(12-15)22-13-20(23)21-10-9-14-5-7-18(26-3)19(11-14)27-4/h5-8,11-12,22H,9-10,13H2,1-4H3,(H,21,23). The van der Waals surface area contributed by atoms with Crippen molar-refractivity contribution in [3.63, 3.8) is 0 Å². The van der Waals surface area contributed by atoms with Crippen molar-refractivity contribution >= 4 is 11.6 Å². The molecule has 0 fully saturated rings. The van der Waals surface area contributed by atoms with Crippen molar-refractivity contribution in [2.75, 3.05) is 46.8 Å². The number of rotatable bonds is 10. The van der Waals surface area contributed by atoms with E-state index in [9.17, 15) is 4.79 Å². The molecule has 0 saturated carbocycles. The van der Waals surface area contributed by atoms with Crippen LogP contribution in [-0.2, 0) is 11.2 Å². The number of nitrogens with one attached hydrogen (secondary N) is 2. The number of ether oxygens (including phenoxy) is 4. The fourth-order valence-electron chi connectivity index (χ4n) is 2.57. The number of hydrogen-bond acceptors (Lipinski definition) is 6. The first-order chi connectivity index (χ1) is 13.1. The second-order valence-corrected chi connectivity index (χ2v) is 5.71. The summed E-state index contributed by atoms with van der Waals surface area (Å²) >= 11 is 0. The van der Waals surface area contributed by atoms with Gasteiger partial charge in [-0.3, -0.25) is 4.79 Å². The van der Waals surface area contributed by atoms with Gasteiger partial charge in [0.15, 0.2) is 11.5 Å². The molecule has 0 aromatic heterocycles. The van der Waals surface area contributed by atoms with Crippen molar-refractivity contribution < 1.29 is 23.7 Å². The lowest BCUT2D eigenvalue weighted by Gasteiger charge is -2.13. The van der Waals surface area contributed by atoms with Crippen LogP contribution in [0.5, 0.6) is 23.0 Å². The van der Waals surface area contributed by atoms with Gasteiger partial charge >= 0.3 is 0 Å². The summed E-state index contributed by atoms with van der Waals surface area (Å²) in [5, 5.41) is 5.96. The molecule has 2 aromatic rings. The molecule has 0 aliphatic carbocycles. The van der Waals surface area contributed by atoms with Crippen LogP contribution in [0.3, 0.4) is 0 Å². The molecular weight excluding hydrogens is 348 g/mol. The van der Waals surface area contributed by atoms with E-state index in [0.717, 1.165) is 5.56 Å². The van der Waals surface area contributed by atoms with Crippen LogP contribution in [0.1, 0.15) is 5.56 Å². The first kappa shape index (κ1) is 20.2. The minimum Gasteiger partial charge on any atom is -0.497 e. The van der Waals surface area contributed by atoms with Gasteiger partial charge in [-0.05, 0) is 36.2 Å². The lowest BCUT2D eigenvalue weighted by molar-refractivity contribution is -0.119. The van der Waals surface area contributed by atoms with Gasteiger partial charge in [-0.25, -0.2) is 0 Å². The van der Waals surface area contributed by atoms with Gasteiger partial charge in [-0.2, -0.15) is 0 Å². The summed E-state index contributed by atoms with van der Waals surface area (Å²) in [5.74, 6) is 2.58. The highest BCUT2D eigenvalue weighted by Gasteiger charge is 2.08. The minimum atomic E-state index is -0.111. The third-order valence-electron chi connectivity index (χ3n) is 4.03. The molecule has 27 heavy (non-hydrogen) atoms. The number of benzene rings is 2. The smallest absolute Gasteiger partial charge is 0.239 e. The maximum Gasteiger partial charge on any atom is 0.239 e. The molecule has 7 heteroatoms. The summed E-state index contributed by atoms with van der Waals surface area (Å²) in [5.41, 5.74) is 1.75. The first-order valence-corrected chi connectivity index (χ1v) is 8.54. The molecule has 0 bridgehead atoms. The zero-order chi connectivity index (χ0) is 19.6. The van der Waals surface area contributed by atoms with Gasteiger partial charge in [-0.15, -0.1) is 0 Å². The molecule has 7 nitrogen and oxygen atoms in total. The number of hydrogen-bond donors (Lipinski definition) is 2. The number of carbonyl (C=O) groups is 1. The van der Waals surface area contributed by atoms with Crippen LogP contribution in [-0.4, -0.2) is 47.4 Å². The van der Waals surface area contributed by atoms with Crippen LogP contribution in [0.15, 0.2) is 36.4 Å². The second kappa shape index (κ2) is 10.2.